The molecule has 0 aromatic heterocycles. The van der Waals surface area contributed by atoms with Gasteiger partial charge in [-0.15, -0.1) is 0 Å². The van der Waals surface area contributed by atoms with Crippen LogP contribution in [0.5, 0.6) is 0 Å². The number of hydrogen-bond acceptors (Lipinski definition) is 2. The molecule has 2 aliphatic heterocycles. The van der Waals surface area contributed by atoms with Crippen molar-refractivity contribution in [2.45, 2.75) is 32.1 Å². The molecule has 1 N–H and O–H groups in total. The van der Waals surface area contributed by atoms with E-state index in [-0.39, 0.29) is 5.92 Å². The van der Waals surface area contributed by atoms with E-state index in [0.29, 0.717) is 11.8 Å². The van der Waals surface area contributed by atoms with Crippen molar-refractivity contribution in [3.63, 3.8) is 0 Å². The van der Waals surface area contributed by atoms with Crippen LogP contribution in [-0.4, -0.2) is 37.0 Å². The molecule has 0 aliphatic carbocycles. The van der Waals surface area contributed by atoms with Gasteiger partial charge in [0.2, 0.25) is 5.91 Å². The summed E-state index contributed by atoms with van der Waals surface area (Å²) in [5, 5.41) is 3.20. The predicted molar refractivity (Wildman–Crippen MR) is 85.0 cm³/mol. The lowest BCUT2D eigenvalue weighted by Crippen LogP contribution is -2.53. The summed E-state index contributed by atoms with van der Waals surface area (Å²) in [6.45, 7) is 3.73. The first-order valence-electron chi connectivity index (χ1n) is 8.36. The standard InChI is InChI=1S/C18H26N2O/c21-18(17-12-19-13-17)20-11-5-10-16(14-20)9-4-8-15-6-2-1-3-7-15/h1-3,6-7,16-17,19H,4-5,8-14H2. The van der Waals surface area contributed by atoms with Crippen molar-refractivity contribution < 1.29 is 4.79 Å². The molecule has 2 saturated heterocycles. The Bertz CT molecular complexity index is 456. The molecule has 1 atom stereocenters. The minimum Gasteiger partial charge on any atom is -0.342 e. The zero-order chi connectivity index (χ0) is 14.5. The zero-order valence-electron chi connectivity index (χ0n) is 12.8. The molecule has 3 nitrogen and oxygen atoms in total. The predicted octanol–water partition coefficient (Wildman–Crippen LogP) is 2.47. The molecule has 0 saturated carbocycles. The number of nitrogens with zero attached hydrogens (tertiary/aromatic N) is 1. The highest BCUT2D eigenvalue weighted by Gasteiger charge is 2.31. The maximum absolute atomic E-state index is 12.3. The van der Waals surface area contributed by atoms with Crippen LogP contribution in [0, 0.1) is 11.8 Å². The third-order valence-electron chi connectivity index (χ3n) is 4.88. The number of nitrogens with one attached hydrogen (secondary N) is 1. The van der Waals surface area contributed by atoms with Gasteiger partial charge in [0.25, 0.3) is 0 Å². The van der Waals surface area contributed by atoms with Crippen LogP contribution in [0.15, 0.2) is 30.3 Å². The summed E-state index contributed by atoms with van der Waals surface area (Å²) in [4.78, 5) is 14.4. The van der Waals surface area contributed by atoms with Gasteiger partial charge in [-0.1, -0.05) is 30.3 Å². The Morgan fingerprint density at radius 2 is 2.05 bits per heavy atom. The molecule has 114 valence electrons. The quantitative estimate of drug-likeness (QED) is 0.902. The van der Waals surface area contributed by atoms with Crippen molar-refractivity contribution in [3.05, 3.63) is 35.9 Å². The molecule has 21 heavy (non-hydrogen) atoms. The van der Waals surface area contributed by atoms with Gasteiger partial charge in [0.15, 0.2) is 0 Å². The SMILES string of the molecule is O=C(C1CNC1)N1CCCC(CCCc2ccccc2)C1. The fourth-order valence-electron chi connectivity index (χ4n) is 3.46. The van der Waals surface area contributed by atoms with Gasteiger partial charge in [-0.3, -0.25) is 4.79 Å². The Kier molecular flexibility index (Phi) is 4.91. The van der Waals surface area contributed by atoms with Gasteiger partial charge in [0.1, 0.15) is 0 Å². The smallest absolute Gasteiger partial charge is 0.228 e. The minimum atomic E-state index is 0.257. The zero-order valence-corrected chi connectivity index (χ0v) is 12.8. The van der Waals surface area contributed by atoms with Gasteiger partial charge in [0.05, 0.1) is 5.92 Å². The van der Waals surface area contributed by atoms with Crippen LogP contribution in [0.1, 0.15) is 31.2 Å². The van der Waals surface area contributed by atoms with Crippen LogP contribution in [-0.2, 0) is 11.2 Å². The Hall–Kier alpha value is -1.35. The third-order valence-corrected chi connectivity index (χ3v) is 4.88. The number of aryl methyl sites for hydroxylation is 1. The number of carbonyl (C=O) groups excluding carboxylic acids is 1. The lowest BCUT2D eigenvalue weighted by Gasteiger charge is -2.37. The van der Waals surface area contributed by atoms with Crippen LogP contribution < -0.4 is 5.32 Å². The van der Waals surface area contributed by atoms with Crippen molar-refractivity contribution in [1.82, 2.24) is 10.2 Å². The second kappa shape index (κ2) is 7.08. The average molecular weight is 286 g/mol. The van der Waals surface area contributed by atoms with Gasteiger partial charge in [0, 0.05) is 26.2 Å². The summed E-state index contributed by atoms with van der Waals surface area (Å²) < 4.78 is 0. The van der Waals surface area contributed by atoms with Crippen LogP contribution in [0.3, 0.4) is 0 Å². The normalized spacial score (nSPS) is 22.9. The fourth-order valence-corrected chi connectivity index (χ4v) is 3.46. The second-order valence-electron chi connectivity index (χ2n) is 6.53. The summed E-state index contributed by atoms with van der Waals surface area (Å²) in [6.07, 6.45) is 6.13. The number of carbonyl (C=O) groups is 1. The number of benzene rings is 1. The number of piperidine rings is 1. The molecule has 2 heterocycles. The minimum absolute atomic E-state index is 0.257. The van der Waals surface area contributed by atoms with E-state index in [0.717, 1.165) is 32.6 Å². The van der Waals surface area contributed by atoms with E-state index >= 15 is 0 Å². The van der Waals surface area contributed by atoms with Crippen LogP contribution in [0.4, 0.5) is 0 Å². The highest BCUT2D eigenvalue weighted by atomic mass is 16.2. The average Bonchev–Trinajstić information content (AvgIpc) is 2.47. The maximum Gasteiger partial charge on any atom is 0.228 e. The highest BCUT2D eigenvalue weighted by Crippen LogP contribution is 2.23. The summed E-state index contributed by atoms with van der Waals surface area (Å²) >= 11 is 0. The van der Waals surface area contributed by atoms with E-state index in [1.54, 1.807) is 0 Å². The lowest BCUT2D eigenvalue weighted by molar-refractivity contribution is -0.139. The van der Waals surface area contributed by atoms with E-state index in [1.807, 2.05) is 0 Å². The summed E-state index contributed by atoms with van der Waals surface area (Å²) in [6, 6.07) is 10.7. The Balaban J connectivity index is 1.42. The first-order valence-corrected chi connectivity index (χ1v) is 8.36. The Labute approximate surface area is 127 Å². The molecule has 1 unspecified atom stereocenters. The topological polar surface area (TPSA) is 32.3 Å². The lowest BCUT2D eigenvalue weighted by atomic mass is 9.90. The molecule has 3 heteroatoms. The first kappa shape index (κ1) is 14.6. The van der Waals surface area contributed by atoms with E-state index < -0.39 is 0 Å². The Morgan fingerprint density at radius 1 is 1.24 bits per heavy atom. The molecular formula is C18H26N2O. The second-order valence-corrected chi connectivity index (χ2v) is 6.53. The molecule has 0 bridgehead atoms. The first-order chi connectivity index (χ1) is 10.3. The highest BCUT2D eigenvalue weighted by molar-refractivity contribution is 5.80. The van der Waals surface area contributed by atoms with E-state index in [9.17, 15) is 4.79 Å². The maximum atomic E-state index is 12.3. The van der Waals surface area contributed by atoms with Gasteiger partial charge in [-0.2, -0.15) is 0 Å². The third kappa shape index (κ3) is 3.85. The molecule has 2 aliphatic rings. The number of likely N-dealkylation sites (tertiary alicyclic amines) is 1. The molecule has 0 radical (unpaired) electrons. The molecule has 1 aromatic rings. The molecule has 1 aromatic carbocycles. The monoisotopic (exact) mass is 286 g/mol. The molecule has 3 rings (SSSR count). The van der Waals surface area contributed by atoms with Gasteiger partial charge in [-0.05, 0) is 43.6 Å². The largest absolute Gasteiger partial charge is 0.342 e. The van der Waals surface area contributed by atoms with Crippen molar-refractivity contribution >= 4 is 5.91 Å². The van der Waals surface area contributed by atoms with E-state index in [2.05, 4.69) is 40.5 Å². The summed E-state index contributed by atoms with van der Waals surface area (Å²) in [5.74, 6) is 1.36. The Morgan fingerprint density at radius 3 is 2.76 bits per heavy atom. The van der Waals surface area contributed by atoms with Gasteiger partial charge in [-0.25, -0.2) is 0 Å². The van der Waals surface area contributed by atoms with E-state index in [1.165, 1.54) is 31.2 Å². The van der Waals surface area contributed by atoms with Crippen LogP contribution >= 0.6 is 0 Å². The van der Waals surface area contributed by atoms with Crippen LogP contribution in [0.25, 0.3) is 0 Å². The van der Waals surface area contributed by atoms with Gasteiger partial charge >= 0.3 is 0 Å². The molecule has 0 spiro atoms. The van der Waals surface area contributed by atoms with Crippen LogP contribution in [0.2, 0.25) is 0 Å². The van der Waals surface area contributed by atoms with Crippen molar-refractivity contribution in [1.29, 1.82) is 0 Å². The summed E-state index contributed by atoms with van der Waals surface area (Å²) in [7, 11) is 0. The van der Waals surface area contributed by atoms with Crippen molar-refractivity contribution in [2.75, 3.05) is 26.2 Å². The molecular weight excluding hydrogens is 260 g/mol. The molecule has 2 fully saturated rings. The number of hydrogen-bond donors (Lipinski definition) is 1. The fraction of sp³-hybridized carbons (Fsp3) is 0.611. The number of amides is 1. The van der Waals surface area contributed by atoms with Crippen molar-refractivity contribution in [2.24, 2.45) is 11.8 Å². The van der Waals surface area contributed by atoms with Gasteiger partial charge < -0.3 is 10.2 Å². The van der Waals surface area contributed by atoms with E-state index in [4.69, 9.17) is 0 Å². The molecule has 1 amide bonds. The number of rotatable bonds is 5. The van der Waals surface area contributed by atoms with Crippen molar-refractivity contribution in [3.8, 4) is 0 Å². The summed E-state index contributed by atoms with van der Waals surface area (Å²) in [5.41, 5.74) is 1.43.